The number of alkyl halides is 1. The van der Waals surface area contributed by atoms with Crippen LogP contribution in [0.3, 0.4) is 0 Å². The van der Waals surface area contributed by atoms with Crippen molar-refractivity contribution in [2.24, 2.45) is 0 Å². The third kappa shape index (κ3) is 2.33. The fourth-order valence-corrected chi connectivity index (χ4v) is 2.45. The smallest absolute Gasteiger partial charge is 0.269 e. The SMILES string of the molecule is C=C(CCl)Cn1c(=O)sc2ccccc2c1=O. The van der Waals surface area contributed by atoms with Gasteiger partial charge in [0.1, 0.15) is 0 Å². The van der Waals surface area contributed by atoms with Crippen molar-refractivity contribution in [2.45, 2.75) is 6.54 Å². The van der Waals surface area contributed by atoms with E-state index in [2.05, 4.69) is 6.58 Å². The first kappa shape index (κ1) is 12.1. The molecule has 3 nitrogen and oxygen atoms in total. The molecule has 0 atom stereocenters. The molecule has 0 aliphatic heterocycles. The van der Waals surface area contributed by atoms with Gasteiger partial charge in [-0.3, -0.25) is 14.2 Å². The summed E-state index contributed by atoms with van der Waals surface area (Å²) in [5.74, 6) is 0.239. The van der Waals surface area contributed by atoms with E-state index in [-0.39, 0.29) is 22.9 Å². The van der Waals surface area contributed by atoms with Gasteiger partial charge < -0.3 is 0 Å². The maximum absolute atomic E-state index is 12.1. The molecule has 0 fully saturated rings. The van der Waals surface area contributed by atoms with Crippen LogP contribution in [0.5, 0.6) is 0 Å². The van der Waals surface area contributed by atoms with Crippen molar-refractivity contribution >= 4 is 33.0 Å². The first-order valence-electron chi connectivity index (χ1n) is 4.99. The fraction of sp³-hybridized carbons (Fsp3) is 0.167. The number of hydrogen-bond donors (Lipinski definition) is 0. The van der Waals surface area contributed by atoms with E-state index < -0.39 is 0 Å². The third-order valence-electron chi connectivity index (χ3n) is 2.35. The zero-order valence-corrected chi connectivity index (χ0v) is 10.6. The summed E-state index contributed by atoms with van der Waals surface area (Å²) >= 11 is 6.67. The quantitative estimate of drug-likeness (QED) is 0.632. The molecule has 0 amide bonds. The molecule has 17 heavy (non-hydrogen) atoms. The summed E-state index contributed by atoms with van der Waals surface area (Å²) in [6.07, 6.45) is 0. The average Bonchev–Trinajstić information content (AvgIpc) is 2.34. The van der Waals surface area contributed by atoms with E-state index in [1.807, 2.05) is 0 Å². The zero-order valence-electron chi connectivity index (χ0n) is 8.98. The summed E-state index contributed by atoms with van der Waals surface area (Å²) in [5, 5.41) is 0.555. The monoisotopic (exact) mass is 267 g/mol. The molecule has 0 aliphatic rings. The molecular weight excluding hydrogens is 258 g/mol. The Hall–Kier alpha value is -1.39. The van der Waals surface area contributed by atoms with Gasteiger partial charge in [-0.1, -0.05) is 30.0 Å². The molecular formula is C12H10ClNO2S. The molecule has 1 aromatic heterocycles. The predicted molar refractivity (Wildman–Crippen MR) is 72.2 cm³/mol. The molecule has 0 saturated carbocycles. The second kappa shape index (κ2) is 4.85. The molecule has 2 rings (SSSR count). The van der Waals surface area contributed by atoms with Crippen LogP contribution in [0.1, 0.15) is 0 Å². The molecule has 5 heteroatoms. The van der Waals surface area contributed by atoms with Crippen molar-refractivity contribution in [1.29, 1.82) is 0 Å². The number of benzene rings is 1. The first-order chi connectivity index (χ1) is 8.13. The molecule has 0 spiro atoms. The Morgan fingerprint density at radius 1 is 1.35 bits per heavy atom. The summed E-state index contributed by atoms with van der Waals surface area (Å²) < 4.78 is 1.88. The van der Waals surface area contributed by atoms with Crippen LogP contribution in [0, 0.1) is 0 Å². The molecule has 1 aromatic carbocycles. The highest BCUT2D eigenvalue weighted by Crippen LogP contribution is 2.11. The number of nitrogens with zero attached hydrogens (tertiary/aromatic N) is 1. The van der Waals surface area contributed by atoms with Gasteiger partial charge in [0.2, 0.25) is 0 Å². The van der Waals surface area contributed by atoms with Crippen molar-refractivity contribution in [3.05, 3.63) is 56.4 Å². The average molecular weight is 268 g/mol. The second-order valence-electron chi connectivity index (χ2n) is 3.64. The molecule has 0 radical (unpaired) electrons. The lowest BCUT2D eigenvalue weighted by atomic mass is 10.3. The van der Waals surface area contributed by atoms with Crippen molar-refractivity contribution < 1.29 is 0 Å². The molecule has 0 aliphatic carbocycles. The Morgan fingerprint density at radius 2 is 2.06 bits per heavy atom. The van der Waals surface area contributed by atoms with Gasteiger partial charge in [0.25, 0.3) is 5.56 Å². The van der Waals surface area contributed by atoms with Gasteiger partial charge >= 0.3 is 4.87 Å². The molecule has 1 heterocycles. The molecule has 0 N–H and O–H groups in total. The van der Waals surface area contributed by atoms with Crippen molar-refractivity contribution in [1.82, 2.24) is 4.57 Å². The highest BCUT2D eigenvalue weighted by atomic mass is 35.5. The number of rotatable bonds is 3. The maximum Gasteiger partial charge on any atom is 0.310 e. The van der Waals surface area contributed by atoms with E-state index in [4.69, 9.17) is 11.6 Å². The van der Waals surface area contributed by atoms with Crippen LogP contribution in [0.2, 0.25) is 0 Å². The minimum atomic E-state index is -0.282. The summed E-state index contributed by atoms with van der Waals surface area (Å²) in [4.78, 5) is 23.6. The number of hydrogen-bond acceptors (Lipinski definition) is 3. The molecule has 88 valence electrons. The molecule has 0 unspecified atom stereocenters. The van der Waals surface area contributed by atoms with Crippen molar-refractivity contribution in [3.63, 3.8) is 0 Å². The largest absolute Gasteiger partial charge is 0.310 e. The van der Waals surface area contributed by atoms with Gasteiger partial charge in [-0.05, 0) is 17.7 Å². The van der Waals surface area contributed by atoms with Gasteiger partial charge in [0.05, 0.1) is 11.9 Å². The summed E-state index contributed by atoms with van der Waals surface area (Å²) in [6, 6.07) is 7.07. The standard InChI is InChI=1S/C12H10ClNO2S/c1-8(6-13)7-14-11(15)9-4-2-3-5-10(9)17-12(14)16/h2-5H,1,6-7H2. The number of fused-ring (bicyclic) bond motifs is 1. The van der Waals surface area contributed by atoms with Gasteiger partial charge in [-0.25, -0.2) is 0 Å². The Balaban J connectivity index is 2.68. The predicted octanol–water partition coefficient (Wildman–Crippen LogP) is 2.22. The molecule has 0 saturated heterocycles. The van der Waals surface area contributed by atoms with Gasteiger partial charge in [0.15, 0.2) is 0 Å². The van der Waals surface area contributed by atoms with Crippen LogP contribution in [0.4, 0.5) is 0 Å². The minimum Gasteiger partial charge on any atom is -0.269 e. The lowest BCUT2D eigenvalue weighted by Gasteiger charge is -2.05. The van der Waals surface area contributed by atoms with Crippen LogP contribution in [-0.2, 0) is 6.54 Å². The Bertz CT molecular complexity index is 687. The summed E-state index contributed by atoms with van der Waals surface area (Å²) in [6.45, 7) is 3.89. The number of aromatic nitrogens is 1. The van der Waals surface area contributed by atoms with E-state index in [0.717, 1.165) is 11.3 Å². The van der Waals surface area contributed by atoms with Crippen molar-refractivity contribution in [2.75, 3.05) is 5.88 Å². The van der Waals surface area contributed by atoms with Crippen LogP contribution in [-0.4, -0.2) is 10.4 Å². The van der Waals surface area contributed by atoms with E-state index in [1.165, 1.54) is 4.57 Å². The van der Waals surface area contributed by atoms with Crippen molar-refractivity contribution in [3.8, 4) is 0 Å². The third-order valence-corrected chi connectivity index (χ3v) is 3.70. The van der Waals surface area contributed by atoms with Crippen LogP contribution >= 0.6 is 22.9 Å². The van der Waals surface area contributed by atoms with Crippen LogP contribution in [0.15, 0.2) is 46.0 Å². The van der Waals surface area contributed by atoms with E-state index in [9.17, 15) is 9.59 Å². The maximum atomic E-state index is 12.1. The van der Waals surface area contributed by atoms with Gasteiger partial charge in [0, 0.05) is 10.6 Å². The lowest BCUT2D eigenvalue weighted by Crippen LogP contribution is -2.31. The van der Waals surface area contributed by atoms with E-state index >= 15 is 0 Å². The van der Waals surface area contributed by atoms with Crippen LogP contribution < -0.4 is 10.4 Å². The Morgan fingerprint density at radius 3 is 2.76 bits per heavy atom. The lowest BCUT2D eigenvalue weighted by molar-refractivity contribution is 0.743. The zero-order chi connectivity index (χ0) is 12.4. The summed E-state index contributed by atoms with van der Waals surface area (Å²) in [5.41, 5.74) is 0.365. The highest BCUT2D eigenvalue weighted by molar-refractivity contribution is 7.16. The number of halogens is 1. The second-order valence-corrected chi connectivity index (χ2v) is 4.90. The normalized spacial score (nSPS) is 10.6. The van der Waals surface area contributed by atoms with E-state index in [0.29, 0.717) is 15.7 Å². The van der Waals surface area contributed by atoms with Gasteiger partial charge in [-0.15, -0.1) is 11.6 Å². The van der Waals surface area contributed by atoms with Crippen LogP contribution in [0.25, 0.3) is 10.1 Å². The first-order valence-corrected chi connectivity index (χ1v) is 6.34. The topological polar surface area (TPSA) is 39.1 Å². The molecule has 2 aromatic rings. The highest BCUT2D eigenvalue weighted by Gasteiger charge is 2.08. The minimum absolute atomic E-state index is 0.183. The molecule has 0 bridgehead atoms. The summed E-state index contributed by atoms with van der Waals surface area (Å²) in [7, 11) is 0. The Kier molecular flexibility index (Phi) is 3.45. The Labute approximate surface area is 107 Å². The number of allylic oxidation sites excluding steroid dienone is 1. The van der Waals surface area contributed by atoms with E-state index in [1.54, 1.807) is 24.3 Å². The van der Waals surface area contributed by atoms with Gasteiger partial charge in [-0.2, -0.15) is 0 Å². The fourth-order valence-electron chi connectivity index (χ4n) is 1.51.